The molecule has 0 fully saturated rings. The van der Waals surface area contributed by atoms with E-state index in [1.807, 2.05) is 6.92 Å². The molecular formula is C17H12BrF2NO3S2. The Morgan fingerprint density at radius 2 is 1.81 bits per heavy atom. The zero-order chi connectivity index (χ0) is 19.2. The van der Waals surface area contributed by atoms with Crippen molar-refractivity contribution in [3.05, 3.63) is 67.1 Å². The molecule has 136 valence electrons. The van der Waals surface area contributed by atoms with E-state index in [2.05, 4.69) is 15.9 Å². The number of sulfone groups is 1. The van der Waals surface area contributed by atoms with Gasteiger partial charge in [-0.05, 0) is 42.8 Å². The van der Waals surface area contributed by atoms with E-state index in [1.54, 1.807) is 18.2 Å². The molecule has 0 radical (unpaired) electrons. The van der Waals surface area contributed by atoms with E-state index in [0.29, 0.717) is 11.8 Å². The van der Waals surface area contributed by atoms with E-state index < -0.39 is 26.4 Å². The molecule has 9 heteroatoms. The second kappa shape index (κ2) is 6.71. The molecule has 0 atom stereocenters. The van der Waals surface area contributed by atoms with Crippen LogP contribution in [-0.2, 0) is 9.84 Å². The molecule has 1 heterocycles. The third-order valence-corrected chi connectivity index (χ3v) is 6.52. The molecule has 1 aromatic heterocycles. The number of rotatable bonds is 3. The molecule has 0 aliphatic rings. The summed E-state index contributed by atoms with van der Waals surface area (Å²) < 4.78 is 54.0. The highest BCUT2D eigenvalue weighted by Crippen LogP contribution is 2.30. The Kier molecular flexibility index (Phi) is 4.89. The van der Waals surface area contributed by atoms with Gasteiger partial charge in [0.1, 0.15) is 16.5 Å². The first-order valence-corrected chi connectivity index (χ1v) is 10.8. The van der Waals surface area contributed by atoms with Gasteiger partial charge in [-0.15, -0.1) is 0 Å². The van der Waals surface area contributed by atoms with Crippen molar-refractivity contribution in [2.45, 2.75) is 11.8 Å². The first-order chi connectivity index (χ1) is 12.1. The van der Waals surface area contributed by atoms with Crippen LogP contribution in [0.25, 0.3) is 16.9 Å². The Labute approximate surface area is 160 Å². The number of nitrogens with zero attached hydrogens (tertiary/aromatic N) is 1. The van der Waals surface area contributed by atoms with Gasteiger partial charge in [0, 0.05) is 21.7 Å². The van der Waals surface area contributed by atoms with Gasteiger partial charge in [0.2, 0.25) is 0 Å². The molecule has 0 N–H and O–H groups in total. The summed E-state index contributed by atoms with van der Waals surface area (Å²) in [7, 11) is -3.91. The Balaban J connectivity index is 2.26. The van der Waals surface area contributed by atoms with Crippen molar-refractivity contribution in [3.63, 3.8) is 0 Å². The van der Waals surface area contributed by atoms with Crippen molar-refractivity contribution in [1.82, 2.24) is 4.57 Å². The zero-order valence-electron chi connectivity index (χ0n) is 13.6. The first kappa shape index (κ1) is 18.9. The van der Waals surface area contributed by atoms with Gasteiger partial charge < -0.3 is 0 Å². The largest absolute Gasteiger partial charge is 0.312 e. The van der Waals surface area contributed by atoms with Gasteiger partial charge in [-0.2, -0.15) is 0 Å². The van der Waals surface area contributed by atoms with E-state index in [1.165, 1.54) is 9.95 Å². The van der Waals surface area contributed by atoms with Crippen LogP contribution in [0.4, 0.5) is 8.78 Å². The number of aromatic nitrogens is 1. The van der Waals surface area contributed by atoms with Crippen LogP contribution in [0.15, 0.2) is 49.9 Å². The Bertz CT molecular complexity index is 1180. The molecule has 2 aromatic carbocycles. The van der Waals surface area contributed by atoms with E-state index in [-0.39, 0.29) is 16.1 Å². The molecule has 0 aliphatic carbocycles. The van der Waals surface area contributed by atoms with E-state index in [9.17, 15) is 22.0 Å². The van der Waals surface area contributed by atoms with Crippen LogP contribution >= 0.6 is 27.3 Å². The number of thiazole rings is 1. The summed E-state index contributed by atoms with van der Waals surface area (Å²) in [6.07, 6.45) is 0.801. The SMILES string of the molecule is Cc1cc(-n2c(-c3cc(F)c(S(C)(=O)=O)cc3F)csc2=O)ccc1Br. The van der Waals surface area contributed by atoms with Crippen LogP contribution in [0.5, 0.6) is 0 Å². The van der Waals surface area contributed by atoms with Gasteiger partial charge >= 0.3 is 4.87 Å². The summed E-state index contributed by atoms with van der Waals surface area (Å²) in [5.74, 6) is -1.99. The van der Waals surface area contributed by atoms with Gasteiger partial charge in [-0.3, -0.25) is 9.36 Å². The third-order valence-electron chi connectivity index (χ3n) is 3.79. The number of hydrogen-bond acceptors (Lipinski definition) is 4. The van der Waals surface area contributed by atoms with Crippen LogP contribution in [0, 0.1) is 18.6 Å². The maximum atomic E-state index is 14.5. The predicted molar refractivity (Wildman–Crippen MR) is 101 cm³/mol. The summed E-state index contributed by atoms with van der Waals surface area (Å²) in [5.41, 5.74) is 1.33. The second-order valence-electron chi connectivity index (χ2n) is 5.69. The van der Waals surface area contributed by atoms with Gasteiger partial charge in [0.25, 0.3) is 0 Å². The standard InChI is InChI=1S/C17H12BrF2NO3S2/c1-9-5-10(3-4-12(9)18)21-15(8-25-17(21)22)11-6-14(20)16(7-13(11)19)26(2,23)24/h3-8H,1-2H3. The molecular weight excluding hydrogens is 448 g/mol. The second-order valence-corrected chi connectivity index (χ2v) is 9.35. The fourth-order valence-electron chi connectivity index (χ4n) is 2.52. The van der Waals surface area contributed by atoms with Crippen molar-refractivity contribution in [1.29, 1.82) is 0 Å². The lowest BCUT2D eigenvalue weighted by Gasteiger charge is -2.11. The highest BCUT2D eigenvalue weighted by Gasteiger charge is 2.21. The van der Waals surface area contributed by atoms with Crippen LogP contribution in [-0.4, -0.2) is 19.2 Å². The monoisotopic (exact) mass is 459 g/mol. The quantitative estimate of drug-likeness (QED) is 0.585. The average molecular weight is 460 g/mol. The lowest BCUT2D eigenvalue weighted by molar-refractivity contribution is 0.557. The van der Waals surface area contributed by atoms with Crippen LogP contribution in [0.2, 0.25) is 0 Å². The summed E-state index contributed by atoms with van der Waals surface area (Å²) in [6.45, 7) is 1.84. The van der Waals surface area contributed by atoms with Crippen molar-refractivity contribution in [3.8, 4) is 16.9 Å². The summed E-state index contributed by atoms with van der Waals surface area (Å²) in [4.78, 5) is 11.2. The number of hydrogen-bond donors (Lipinski definition) is 0. The van der Waals surface area contributed by atoms with Gasteiger partial charge in [-0.25, -0.2) is 17.2 Å². The molecule has 0 saturated carbocycles. The summed E-state index contributed by atoms with van der Waals surface area (Å²) in [6, 6.07) is 6.60. The Morgan fingerprint density at radius 1 is 1.12 bits per heavy atom. The minimum atomic E-state index is -3.91. The number of aryl methyl sites for hydroxylation is 1. The van der Waals surface area contributed by atoms with Crippen LogP contribution in [0.3, 0.4) is 0 Å². The molecule has 4 nitrogen and oxygen atoms in total. The maximum absolute atomic E-state index is 14.5. The summed E-state index contributed by atoms with van der Waals surface area (Å²) >= 11 is 4.21. The molecule has 0 spiro atoms. The topological polar surface area (TPSA) is 56.1 Å². The Hall–Kier alpha value is -1.84. The fraction of sp³-hybridized carbons (Fsp3) is 0.118. The molecule has 0 aliphatic heterocycles. The van der Waals surface area contributed by atoms with Gasteiger partial charge in [0.15, 0.2) is 9.84 Å². The van der Waals surface area contributed by atoms with Crippen molar-refractivity contribution >= 4 is 37.1 Å². The van der Waals surface area contributed by atoms with Crippen molar-refractivity contribution < 1.29 is 17.2 Å². The number of halogens is 3. The van der Waals surface area contributed by atoms with E-state index in [0.717, 1.165) is 33.7 Å². The predicted octanol–water partition coefficient (Wildman–Crippen LogP) is 4.32. The average Bonchev–Trinajstić information content (AvgIpc) is 2.92. The summed E-state index contributed by atoms with van der Waals surface area (Å²) in [5, 5.41) is 1.41. The first-order valence-electron chi connectivity index (χ1n) is 7.26. The number of benzene rings is 2. The molecule has 0 unspecified atom stereocenters. The van der Waals surface area contributed by atoms with Crippen LogP contribution < -0.4 is 4.87 Å². The van der Waals surface area contributed by atoms with Crippen molar-refractivity contribution in [2.24, 2.45) is 0 Å². The molecule has 26 heavy (non-hydrogen) atoms. The van der Waals surface area contributed by atoms with E-state index >= 15 is 0 Å². The highest BCUT2D eigenvalue weighted by molar-refractivity contribution is 9.10. The van der Waals surface area contributed by atoms with E-state index in [4.69, 9.17) is 0 Å². The third kappa shape index (κ3) is 3.38. The minimum absolute atomic E-state index is 0.151. The normalized spacial score (nSPS) is 11.7. The van der Waals surface area contributed by atoms with Crippen LogP contribution in [0.1, 0.15) is 5.56 Å². The highest BCUT2D eigenvalue weighted by atomic mass is 79.9. The molecule has 0 amide bonds. The lowest BCUT2D eigenvalue weighted by atomic mass is 10.1. The molecule has 3 rings (SSSR count). The smallest absolute Gasteiger partial charge is 0.267 e. The van der Waals surface area contributed by atoms with Crippen molar-refractivity contribution in [2.75, 3.05) is 6.26 Å². The molecule has 3 aromatic rings. The maximum Gasteiger partial charge on any atom is 0.312 e. The van der Waals surface area contributed by atoms with Gasteiger partial charge in [0.05, 0.1) is 11.4 Å². The minimum Gasteiger partial charge on any atom is -0.267 e. The van der Waals surface area contributed by atoms with Gasteiger partial charge in [-0.1, -0.05) is 27.3 Å². The molecule has 0 saturated heterocycles. The lowest BCUT2D eigenvalue weighted by Crippen LogP contribution is -2.13. The fourth-order valence-corrected chi connectivity index (χ4v) is 4.25. The zero-order valence-corrected chi connectivity index (χ0v) is 16.8. The Morgan fingerprint density at radius 3 is 2.42 bits per heavy atom. The molecule has 0 bridgehead atoms.